The molecule has 2 rings (SSSR count). The maximum Gasteiger partial charge on any atom is 0.244 e. The van der Waals surface area contributed by atoms with Gasteiger partial charge in [0.25, 0.3) is 0 Å². The van der Waals surface area contributed by atoms with Gasteiger partial charge in [-0.3, -0.25) is 4.79 Å². The zero-order valence-corrected chi connectivity index (χ0v) is 16.8. The molecule has 0 aromatic heterocycles. The van der Waals surface area contributed by atoms with E-state index in [9.17, 15) is 17.6 Å². The van der Waals surface area contributed by atoms with Crippen LogP contribution in [0, 0.1) is 5.82 Å². The molecule has 1 aromatic carbocycles. The van der Waals surface area contributed by atoms with Gasteiger partial charge in [0, 0.05) is 13.1 Å². The average molecular weight is 405 g/mol. The summed E-state index contributed by atoms with van der Waals surface area (Å²) in [6.07, 6.45) is 1.97. The first-order chi connectivity index (χ1) is 12.2. The average Bonchev–Trinajstić information content (AvgIpc) is 2.57. The van der Waals surface area contributed by atoms with Crippen LogP contribution in [0.15, 0.2) is 29.2 Å². The molecule has 1 N–H and O–H groups in total. The summed E-state index contributed by atoms with van der Waals surface area (Å²) in [5.74, 6) is -0.545. The number of rotatable bonds is 7. The van der Waals surface area contributed by atoms with Gasteiger partial charge in [-0.25, -0.2) is 12.8 Å². The number of halogens is 1. The molecule has 0 bridgehead atoms. The van der Waals surface area contributed by atoms with Crippen molar-refractivity contribution in [3.05, 3.63) is 30.1 Å². The van der Waals surface area contributed by atoms with Gasteiger partial charge >= 0.3 is 0 Å². The van der Waals surface area contributed by atoms with Gasteiger partial charge in [-0.2, -0.15) is 16.5 Å². The number of sulfonamides is 1. The standard InChI is InChI=1S/C17H25FN2O4S2/c1-12-10-20(11-13(2)24-12)17(21)15(8-9-25-3)19-26(22,23)16-7-5-4-6-14(16)18/h4-7,12-13,15,19H,8-11H2,1-3H3/t12-,13-,15+/m1/s1. The lowest BCUT2D eigenvalue weighted by Crippen LogP contribution is -2.55. The Morgan fingerprint density at radius 3 is 2.54 bits per heavy atom. The fourth-order valence-corrected chi connectivity index (χ4v) is 4.73. The number of hydrogen-bond donors (Lipinski definition) is 1. The number of amides is 1. The molecule has 1 amide bonds. The van der Waals surface area contributed by atoms with Crippen LogP contribution >= 0.6 is 11.8 Å². The minimum Gasteiger partial charge on any atom is -0.372 e. The number of carbonyl (C=O) groups is 1. The topological polar surface area (TPSA) is 75.7 Å². The van der Waals surface area contributed by atoms with E-state index in [0.29, 0.717) is 25.3 Å². The van der Waals surface area contributed by atoms with Crippen molar-refractivity contribution in [1.29, 1.82) is 0 Å². The number of ether oxygens (including phenoxy) is 1. The molecular weight excluding hydrogens is 379 g/mol. The Balaban J connectivity index is 2.21. The van der Waals surface area contributed by atoms with E-state index in [4.69, 9.17) is 4.74 Å². The Morgan fingerprint density at radius 1 is 1.35 bits per heavy atom. The largest absolute Gasteiger partial charge is 0.372 e. The molecule has 0 saturated carbocycles. The fourth-order valence-electron chi connectivity index (χ4n) is 2.96. The molecule has 0 aliphatic carbocycles. The van der Waals surface area contributed by atoms with Crippen molar-refractivity contribution >= 4 is 27.7 Å². The summed E-state index contributed by atoms with van der Waals surface area (Å²) in [5.41, 5.74) is 0. The van der Waals surface area contributed by atoms with Crippen molar-refractivity contribution in [2.75, 3.05) is 25.1 Å². The molecule has 1 saturated heterocycles. The quantitative estimate of drug-likeness (QED) is 0.751. The number of nitrogens with one attached hydrogen (secondary N) is 1. The molecule has 1 aliphatic rings. The second-order valence-corrected chi connectivity index (χ2v) is 9.05. The maximum atomic E-state index is 13.9. The number of nitrogens with zero attached hydrogens (tertiary/aromatic N) is 1. The molecule has 0 spiro atoms. The Hall–Kier alpha value is -1.16. The summed E-state index contributed by atoms with van der Waals surface area (Å²) in [4.78, 5) is 14.1. The number of carbonyl (C=O) groups excluding carboxylic acids is 1. The highest BCUT2D eigenvalue weighted by Crippen LogP contribution is 2.17. The third-order valence-corrected chi connectivity index (χ3v) is 6.21. The molecule has 0 radical (unpaired) electrons. The van der Waals surface area contributed by atoms with Gasteiger partial charge in [-0.1, -0.05) is 12.1 Å². The minimum atomic E-state index is -4.14. The maximum absolute atomic E-state index is 13.9. The van der Waals surface area contributed by atoms with Crippen LogP contribution in [0.4, 0.5) is 4.39 Å². The van der Waals surface area contributed by atoms with Crippen LogP contribution in [0.25, 0.3) is 0 Å². The summed E-state index contributed by atoms with van der Waals surface area (Å²) in [6.45, 7) is 4.55. The van der Waals surface area contributed by atoms with E-state index in [1.54, 1.807) is 4.90 Å². The van der Waals surface area contributed by atoms with Crippen LogP contribution in [0.3, 0.4) is 0 Å². The molecular formula is C17H25FN2O4S2. The molecule has 1 aliphatic heterocycles. The molecule has 1 heterocycles. The van der Waals surface area contributed by atoms with Gasteiger partial charge < -0.3 is 9.64 Å². The second kappa shape index (κ2) is 9.16. The van der Waals surface area contributed by atoms with Crippen molar-refractivity contribution in [1.82, 2.24) is 9.62 Å². The smallest absolute Gasteiger partial charge is 0.244 e. The van der Waals surface area contributed by atoms with E-state index in [2.05, 4.69) is 4.72 Å². The third-order valence-electron chi connectivity index (χ3n) is 4.06. The summed E-state index contributed by atoms with van der Waals surface area (Å²) >= 11 is 1.52. The van der Waals surface area contributed by atoms with Crippen molar-refractivity contribution < 1.29 is 22.3 Å². The number of thioether (sulfide) groups is 1. The lowest BCUT2D eigenvalue weighted by molar-refractivity contribution is -0.145. The van der Waals surface area contributed by atoms with Crippen LogP contribution < -0.4 is 4.72 Å². The van der Waals surface area contributed by atoms with Crippen molar-refractivity contribution in [2.45, 2.75) is 43.4 Å². The Labute approximate surface area is 158 Å². The summed E-state index contributed by atoms with van der Waals surface area (Å²) in [6, 6.07) is 4.19. The van der Waals surface area contributed by atoms with Crippen LogP contribution in [0.5, 0.6) is 0 Å². The van der Waals surface area contributed by atoms with Crippen LogP contribution in [-0.2, 0) is 19.6 Å². The van der Waals surface area contributed by atoms with E-state index >= 15 is 0 Å². The molecule has 1 fully saturated rings. The Kier molecular flexibility index (Phi) is 7.45. The van der Waals surface area contributed by atoms with E-state index in [-0.39, 0.29) is 18.1 Å². The SMILES string of the molecule is CSCC[C@H](NS(=O)(=O)c1ccccc1F)C(=O)N1C[C@@H](C)O[C@H](C)C1. The molecule has 3 atom stereocenters. The first kappa shape index (κ1) is 21.1. The molecule has 0 unspecified atom stereocenters. The van der Waals surface area contributed by atoms with Gasteiger partial charge in [0.05, 0.1) is 12.2 Å². The summed E-state index contributed by atoms with van der Waals surface area (Å²) < 4.78 is 47.1. The predicted molar refractivity (Wildman–Crippen MR) is 100 cm³/mol. The lowest BCUT2D eigenvalue weighted by atomic mass is 10.1. The van der Waals surface area contributed by atoms with E-state index in [1.165, 1.54) is 30.0 Å². The van der Waals surface area contributed by atoms with Gasteiger partial charge in [0.2, 0.25) is 15.9 Å². The highest BCUT2D eigenvalue weighted by atomic mass is 32.2. The first-order valence-electron chi connectivity index (χ1n) is 8.44. The zero-order chi connectivity index (χ0) is 19.3. The second-order valence-electron chi connectivity index (χ2n) is 6.39. The number of hydrogen-bond acceptors (Lipinski definition) is 5. The highest BCUT2D eigenvalue weighted by molar-refractivity contribution is 7.98. The van der Waals surface area contributed by atoms with Crippen LogP contribution in [0.1, 0.15) is 20.3 Å². The molecule has 6 nitrogen and oxygen atoms in total. The van der Waals surface area contributed by atoms with Crippen LogP contribution in [-0.4, -0.2) is 62.6 Å². The predicted octanol–water partition coefficient (Wildman–Crippen LogP) is 1.86. The third kappa shape index (κ3) is 5.42. The Bertz CT molecular complexity index is 719. The van der Waals surface area contributed by atoms with Crippen molar-refractivity contribution in [2.24, 2.45) is 0 Å². The van der Waals surface area contributed by atoms with E-state index in [0.717, 1.165) is 6.07 Å². The summed E-state index contributed by atoms with van der Waals surface area (Å²) in [5, 5.41) is 0. The van der Waals surface area contributed by atoms with Gasteiger partial charge in [0.15, 0.2) is 0 Å². The van der Waals surface area contributed by atoms with Crippen molar-refractivity contribution in [3.63, 3.8) is 0 Å². The molecule has 1 aromatic rings. The number of benzene rings is 1. The molecule has 26 heavy (non-hydrogen) atoms. The van der Waals surface area contributed by atoms with E-state index in [1.807, 2.05) is 20.1 Å². The normalized spacial score (nSPS) is 22.2. The van der Waals surface area contributed by atoms with Gasteiger partial charge in [-0.15, -0.1) is 0 Å². The zero-order valence-electron chi connectivity index (χ0n) is 15.1. The lowest BCUT2D eigenvalue weighted by Gasteiger charge is -2.37. The monoisotopic (exact) mass is 404 g/mol. The minimum absolute atomic E-state index is 0.118. The number of morpholine rings is 1. The van der Waals surface area contributed by atoms with Crippen LogP contribution in [0.2, 0.25) is 0 Å². The highest BCUT2D eigenvalue weighted by Gasteiger charge is 2.33. The summed E-state index contributed by atoms with van der Waals surface area (Å²) in [7, 11) is -4.14. The van der Waals surface area contributed by atoms with Crippen molar-refractivity contribution in [3.8, 4) is 0 Å². The molecule has 146 valence electrons. The van der Waals surface area contributed by atoms with E-state index < -0.39 is 26.8 Å². The fraction of sp³-hybridized carbons (Fsp3) is 0.588. The van der Waals surface area contributed by atoms with Gasteiger partial charge in [0.1, 0.15) is 16.8 Å². The first-order valence-corrected chi connectivity index (χ1v) is 11.3. The Morgan fingerprint density at radius 2 is 1.96 bits per heavy atom. The molecule has 9 heteroatoms. The van der Waals surface area contributed by atoms with Gasteiger partial charge in [-0.05, 0) is 44.4 Å².